The minimum absolute atomic E-state index is 0.253. The van der Waals surface area contributed by atoms with Crippen molar-refractivity contribution in [2.24, 2.45) is 0 Å². The third kappa shape index (κ3) is 3.72. The van der Waals surface area contributed by atoms with Gasteiger partial charge in [-0.25, -0.2) is 13.6 Å². The smallest absolute Gasteiger partial charge is 0.351 e. The molecule has 1 aliphatic rings. The maximum Gasteiger partial charge on any atom is 0.351 e. The van der Waals surface area contributed by atoms with Crippen molar-refractivity contribution in [2.45, 2.75) is 24.7 Å². The molecule has 2 heterocycles. The number of alkyl halides is 2. The molecule has 1 fully saturated rings. The Bertz CT molecular complexity index is 556. The lowest BCUT2D eigenvalue weighted by atomic mass is 10.2. The van der Waals surface area contributed by atoms with E-state index in [1.54, 1.807) is 7.05 Å². The van der Waals surface area contributed by atoms with Crippen LogP contribution in [0.15, 0.2) is 17.1 Å². The molecule has 1 aromatic rings. The second-order valence-electron chi connectivity index (χ2n) is 4.38. The third-order valence-electron chi connectivity index (χ3n) is 2.90. The van der Waals surface area contributed by atoms with Crippen molar-refractivity contribution in [1.29, 1.82) is 0 Å². The maximum atomic E-state index is 13.9. The molecular formula is C10H14F2N3O5P. The van der Waals surface area contributed by atoms with Crippen LogP contribution in [0.4, 0.5) is 14.6 Å². The molecule has 0 bridgehead atoms. The third-order valence-corrected chi connectivity index (χ3v) is 3.28. The van der Waals surface area contributed by atoms with Crippen molar-refractivity contribution in [1.82, 2.24) is 9.55 Å². The molecule has 11 heteroatoms. The number of rotatable bonds is 5. The largest absolute Gasteiger partial charge is 0.373 e. The van der Waals surface area contributed by atoms with Gasteiger partial charge in [0.2, 0.25) is 6.23 Å². The van der Waals surface area contributed by atoms with E-state index in [9.17, 15) is 13.6 Å². The van der Waals surface area contributed by atoms with E-state index in [2.05, 4.69) is 14.8 Å². The summed E-state index contributed by atoms with van der Waals surface area (Å²) in [6.45, 7) is -0.401. The van der Waals surface area contributed by atoms with Crippen LogP contribution in [-0.2, 0) is 9.26 Å². The molecule has 2 rings (SSSR count). The van der Waals surface area contributed by atoms with Gasteiger partial charge in [-0.3, -0.25) is 4.57 Å². The number of hydrogen-bond acceptors (Lipinski definition) is 7. The lowest BCUT2D eigenvalue weighted by molar-refractivity contribution is -0.119. The lowest BCUT2D eigenvalue weighted by Gasteiger charge is -2.19. The Morgan fingerprint density at radius 1 is 1.67 bits per heavy atom. The summed E-state index contributed by atoms with van der Waals surface area (Å²) in [6.07, 6.45) is -2.39. The van der Waals surface area contributed by atoms with Crippen LogP contribution in [-0.4, -0.2) is 45.0 Å². The molecule has 0 saturated carbocycles. The second kappa shape index (κ2) is 6.29. The van der Waals surface area contributed by atoms with Gasteiger partial charge in [-0.05, 0) is 6.07 Å². The van der Waals surface area contributed by atoms with Crippen molar-refractivity contribution >= 4 is 14.4 Å². The highest BCUT2D eigenvalue weighted by molar-refractivity contribution is 7.39. The van der Waals surface area contributed by atoms with Crippen molar-refractivity contribution in [3.63, 3.8) is 0 Å². The standard InChI is InChI=1S/C10H14F2N3O5P/c1-13-7-2-3-15(9(16)14-7)8-10(11,12)4-6(20-8)5-19-21(17)18/h2-3,6,8,17-18H,4-5H2,1H3,(H,13,14,16). The Balaban J connectivity index is 2.17. The first kappa shape index (κ1) is 16.2. The molecular weight excluding hydrogens is 311 g/mol. The number of ether oxygens (including phenoxy) is 1. The summed E-state index contributed by atoms with van der Waals surface area (Å²) in [7, 11) is -1.10. The fraction of sp³-hybridized carbons (Fsp3) is 0.600. The van der Waals surface area contributed by atoms with Gasteiger partial charge in [0.1, 0.15) is 5.82 Å². The Morgan fingerprint density at radius 3 is 2.95 bits per heavy atom. The number of hydrogen-bond donors (Lipinski definition) is 3. The van der Waals surface area contributed by atoms with Crippen LogP contribution < -0.4 is 11.0 Å². The molecule has 0 amide bonds. The monoisotopic (exact) mass is 325 g/mol. The zero-order valence-corrected chi connectivity index (χ0v) is 11.8. The van der Waals surface area contributed by atoms with Gasteiger partial charge in [0.15, 0.2) is 0 Å². The second-order valence-corrected chi connectivity index (χ2v) is 5.14. The Kier molecular flexibility index (Phi) is 4.84. The van der Waals surface area contributed by atoms with Gasteiger partial charge in [-0.15, -0.1) is 0 Å². The molecule has 0 aliphatic carbocycles. The summed E-state index contributed by atoms with van der Waals surface area (Å²) in [6, 6.07) is 1.37. The minimum Gasteiger partial charge on any atom is -0.373 e. The van der Waals surface area contributed by atoms with E-state index in [-0.39, 0.29) is 5.82 Å². The predicted octanol–water partition coefficient (Wildman–Crippen LogP) is 0.436. The van der Waals surface area contributed by atoms with E-state index < -0.39 is 45.6 Å². The molecule has 3 N–H and O–H groups in total. The summed E-state index contributed by atoms with van der Waals surface area (Å²) in [4.78, 5) is 32.5. The van der Waals surface area contributed by atoms with Gasteiger partial charge in [0.05, 0.1) is 12.7 Å². The minimum atomic E-state index is -3.30. The first-order chi connectivity index (χ1) is 9.83. The van der Waals surface area contributed by atoms with Crippen LogP contribution in [0.25, 0.3) is 0 Å². The summed E-state index contributed by atoms with van der Waals surface area (Å²) < 4.78 is 38.1. The fourth-order valence-electron chi connectivity index (χ4n) is 1.98. The molecule has 1 aromatic heterocycles. The molecule has 1 aliphatic heterocycles. The van der Waals surface area contributed by atoms with E-state index in [1.165, 1.54) is 6.07 Å². The van der Waals surface area contributed by atoms with Crippen molar-refractivity contribution in [2.75, 3.05) is 19.0 Å². The van der Waals surface area contributed by atoms with Crippen molar-refractivity contribution in [3.05, 3.63) is 22.7 Å². The highest BCUT2D eigenvalue weighted by Crippen LogP contribution is 2.42. The molecule has 21 heavy (non-hydrogen) atoms. The average Bonchev–Trinajstić information content (AvgIpc) is 2.71. The average molecular weight is 325 g/mol. The topological polar surface area (TPSA) is 106 Å². The quantitative estimate of drug-likeness (QED) is 0.674. The molecule has 0 radical (unpaired) electrons. The van der Waals surface area contributed by atoms with Gasteiger partial charge >= 0.3 is 14.3 Å². The first-order valence-electron chi connectivity index (χ1n) is 5.94. The number of anilines is 1. The molecule has 2 atom stereocenters. The van der Waals surface area contributed by atoms with Gasteiger partial charge < -0.3 is 24.4 Å². The number of nitrogens with one attached hydrogen (secondary N) is 1. The number of aromatic nitrogens is 2. The van der Waals surface area contributed by atoms with Crippen LogP contribution in [0, 0.1) is 0 Å². The van der Waals surface area contributed by atoms with Gasteiger partial charge in [0, 0.05) is 19.7 Å². The van der Waals surface area contributed by atoms with E-state index in [1.807, 2.05) is 0 Å². The van der Waals surface area contributed by atoms with Crippen LogP contribution in [0.3, 0.4) is 0 Å². The van der Waals surface area contributed by atoms with Crippen LogP contribution in [0.2, 0.25) is 0 Å². The Morgan fingerprint density at radius 2 is 2.38 bits per heavy atom. The highest BCUT2D eigenvalue weighted by Gasteiger charge is 2.52. The molecule has 2 unspecified atom stereocenters. The predicted molar refractivity (Wildman–Crippen MR) is 68.8 cm³/mol. The van der Waals surface area contributed by atoms with E-state index >= 15 is 0 Å². The zero-order chi connectivity index (χ0) is 15.6. The van der Waals surface area contributed by atoms with E-state index in [0.717, 1.165) is 6.20 Å². The van der Waals surface area contributed by atoms with E-state index in [0.29, 0.717) is 4.57 Å². The summed E-state index contributed by atoms with van der Waals surface area (Å²) >= 11 is 0. The van der Waals surface area contributed by atoms with Crippen LogP contribution in [0.1, 0.15) is 12.6 Å². The molecule has 8 nitrogen and oxygen atoms in total. The maximum absolute atomic E-state index is 13.9. The van der Waals surface area contributed by atoms with Crippen molar-refractivity contribution in [3.8, 4) is 0 Å². The van der Waals surface area contributed by atoms with Crippen molar-refractivity contribution < 1.29 is 27.8 Å². The lowest BCUT2D eigenvalue weighted by Crippen LogP contribution is -2.35. The SMILES string of the molecule is CNc1ccn(C2OC(COP(O)O)CC2(F)F)c(=O)n1. The van der Waals surface area contributed by atoms with E-state index in [4.69, 9.17) is 14.5 Å². The highest BCUT2D eigenvalue weighted by atomic mass is 31.2. The summed E-state index contributed by atoms with van der Waals surface area (Å²) in [5.74, 6) is -3.04. The normalized spacial score (nSPS) is 24.5. The molecule has 0 spiro atoms. The van der Waals surface area contributed by atoms with Crippen LogP contribution >= 0.6 is 8.60 Å². The van der Waals surface area contributed by atoms with Gasteiger partial charge in [-0.1, -0.05) is 0 Å². The Labute approximate surface area is 119 Å². The zero-order valence-electron chi connectivity index (χ0n) is 10.9. The summed E-state index contributed by atoms with van der Waals surface area (Å²) in [5.41, 5.74) is -0.875. The number of halogens is 2. The fourth-order valence-corrected chi connectivity index (χ4v) is 2.28. The molecule has 1 saturated heterocycles. The summed E-state index contributed by atoms with van der Waals surface area (Å²) in [5, 5.41) is 2.62. The molecule has 0 aromatic carbocycles. The van der Waals surface area contributed by atoms with Gasteiger partial charge in [0.25, 0.3) is 5.92 Å². The molecule has 118 valence electrons. The van der Waals surface area contributed by atoms with Crippen LogP contribution in [0.5, 0.6) is 0 Å². The van der Waals surface area contributed by atoms with Gasteiger partial charge in [-0.2, -0.15) is 4.98 Å². The Hall–Kier alpha value is -1.19. The first-order valence-corrected chi connectivity index (χ1v) is 7.11. The number of nitrogens with zero attached hydrogens (tertiary/aromatic N) is 2.